The van der Waals surface area contributed by atoms with E-state index in [4.69, 9.17) is 4.42 Å². The van der Waals surface area contributed by atoms with Gasteiger partial charge in [-0.1, -0.05) is 0 Å². The van der Waals surface area contributed by atoms with Crippen LogP contribution in [0.3, 0.4) is 0 Å². The predicted octanol–water partition coefficient (Wildman–Crippen LogP) is 1.24. The minimum Gasteiger partial charge on any atom is -0.472 e. The van der Waals surface area contributed by atoms with E-state index in [1.165, 1.54) is 6.07 Å². The number of H-pyrrole nitrogens is 1. The van der Waals surface area contributed by atoms with Gasteiger partial charge in [-0.25, -0.2) is 9.89 Å². The Morgan fingerprint density at radius 2 is 2.29 bits per heavy atom. The molecule has 0 aliphatic heterocycles. The number of carbonyl (C=O) groups is 1. The minimum absolute atomic E-state index is 0.133. The lowest BCUT2D eigenvalue weighted by Crippen LogP contribution is -2.40. The summed E-state index contributed by atoms with van der Waals surface area (Å²) in [6, 6.07) is 5.00. The van der Waals surface area contributed by atoms with Crippen molar-refractivity contribution in [3.05, 3.63) is 52.3 Å². The fourth-order valence-electron chi connectivity index (χ4n) is 2.07. The summed E-state index contributed by atoms with van der Waals surface area (Å²) in [4.78, 5) is 25.0. The maximum absolute atomic E-state index is 12.3. The highest BCUT2D eigenvalue weighted by Crippen LogP contribution is 2.28. The lowest BCUT2D eigenvalue weighted by molar-refractivity contribution is 0.191. The van der Waals surface area contributed by atoms with Gasteiger partial charge in [0, 0.05) is 17.7 Å². The van der Waals surface area contributed by atoms with Gasteiger partial charge in [-0.05, 0) is 25.0 Å². The normalized spacial score (nSPS) is 13.9. The fourth-order valence-corrected chi connectivity index (χ4v) is 2.07. The quantitative estimate of drug-likeness (QED) is 0.866. The Hall–Kier alpha value is -2.57. The lowest BCUT2D eigenvalue weighted by atomic mass is 10.3. The number of nitrogens with zero attached hydrogens (tertiary/aromatic N) is 2. The summed E-state index contributed by atoms with van der Waals surface area (Å²) in [6.07, 6.45) is 5.30. The standard InChI is InChI=1S/C14H16N4O3/c19-13-4-1-11(16-17-13)7-15-14(20)18(12-2-3-12)8-10-5-6-21-9-10/h1,4-6,9,12H,2-3,7-8H2,(H,15,20)(H,17,19). The highest BCUT2D eigenvalue weighted by atomic mass is 16.3. The van der Waals surface area contributed by atoms with Gasteiger partial charge in [0.15, 0.2) is 0 Å². The van der Waals surface area contributed by atoms with Crippen molar-refractivity contribution < 1.29 is 9.21 Å². The van der Waals surface area contributed by atoms with Gasteiger partial charge in [-0.3, -0.25) is 4.79 Å². The van der Waals surface area contributed by atoms with E-state index in [2.05, 4.69) is 15.5 Å². The molecule has 0 saturated heterocycles. The van der Waals surface area contributed by atoms with Crippen LogP contribution in [0.4, 0.5) is 4.79 Å². The van der Waals surface area contributed by atoms with Crippen LogP contribution in [0.2, 0.25) is 0 Å². The number of aromatic amines is 1. The minimum atomic E-state index is -0.260. The molecular formula is C14H16N4O3. The molecule has 1 fully saturated rings. The van der Waals surface area contributed by atoms with Crippen molar-refractivity contribution in [2.75, 3.05) is 0 Å². The summed E-state index contributed by atoms with van der Waals surface area (Å²) < 4.78 is 5.03. The van der Waals surface area contributed by atoms with E-state index in [1.807, 2.05) is 6.07 Å². The summed E-state index contributed by atoms with van der Waals surface area (Å²) in [5.74, 6) is 0. The van der Waals surface area contributed by atoms with E-state index in [-0.39, 0.29) is 18.1 Å². The van der Waals surface area contributed by atoms with Crippen molar-refractivity contribution in [2.24, 2.45) is 0 Å². The van der Waals surface area contributed by atoms with E-state index in [0.29, 0.717) is 18.3 Å². The SMILES string of the molecule is O=C(NCc1ccc(=O)[nH]n1)N(Cc1ccoc1)C1CC1. The molecule has 0 bridgehead atoms. The van der Waals surface area contributed by atoms with Crippen LogP contribution in [0.15, 0.2) is 39.9 Å². The number of hydrogen-bond acceptors (Lipinski definition) is 4. The third-order valence-corrected chi connectivity index (χ3v) is 3.34. The summed E-state index contributed by atoms with van der Waals surface area (Å²) in [6.45, 7) is 0.816. The molecule has 2 N–H and O–H groups in total. The number of carbonyl (C=O) groups excluding carboxylic acids is 1. The first-order chi connectivity index (χ1) is 10.2. The maximum Gasteiger partial charge on any atom is 0.318 e. The second-order valence-electron chi connectivity index (χ2n) is 5.06. The van der Waals surface area contributed by atoms with Crippen LogP contribution < -0.4 is 10.9 Å². The average Bonchev–Trinajstić information content (AvgIpc) is 3.20. The summed E-state index contributed by atoms with van der Waals surface area (Å²) in [5, 5.41) is 9.03. The number of amides is 2. The molecular weight excluding hydrogens is 272 g/mol. The molecule has 110 valence electrons. The average molecular weight is 288 g/mol. The number of rotatable bonds is 5. The molecule has 0 atom stereocenters. The second-order valence-corrected chi connectivity index (χ2v) is 5.06. The molecule has 1 saturated carbocycles. The van der Waals surface area contributed by atoms with Crippen molar-refractivity contribution >= 4 is 6.03 Å². The van der Waals surface area contributed by atoms with Crippen LogP contribution in [-0.4, -0.2) is 27.2 Å². The third kappa shape index (κ3) is 3.50. The maximum atomic E-state index is 12.3. The van der Waals surface area contributed by atoms with Gasteiger partial charge in [-0.2, -0.15) is 5.10 Å². The lowest BCUT2D eigenvalue weighted by Gasteiger charge is -2.22. The zero-order chi connectivity index (χ0) is 14.7. The van der Waals surface area contributed by atoms with Crippen LogP contribution in [-0.2, 0) is 13.1 Å². The molecule has 0 spiro atoms. The first-order valence-corrected chi connectivity index (χ1v) is 6.82. The van der Waals surface area contributed by atoms with Gasteiger partial charge >= 0.3 is 6.03 Å². The highest BCUT2D eigenvalue weighted by Gasteiger charge is 2.32. The monoisotopic (exact) mass is 288 g/mol. The fraction of sp³-hybridized carbons (Fsp3) is 0.357. The Balaban J connectivity index is 1.59. The van der Waals surface area contributed by atoms with Crippen molar-refractivity contribution in [2.45, 2.75) is 32.0 Å². The number of aromatic nitrogens is 2. The first kappa shape index (κ1) is 13.4. The Morgan fingerprint density at radius 3 is 2.90 bits per heavy atom. The van der Waals surface area contributed by atoms with Gasteiger partial charge in [-0.15, -0.1) is 0 Å². The van der Waals surface area contributed by atoms with Gasteiger partial charge < -0.3 is 14.6 Å². The van der Waals surface area contributed by atoms with E-state index < -0.39 is 0 Å². The van der Waals surface area contributed by atoms with Crippen LogP contribution in [0, 0.1) is 0 Å². The van der Waals surface area contributed by atoms with E-state index >= 15 is 0 Å². The van der Waals surface area contributed by atoms with E-state index in [1.54, 1.807) is 23.5 Å². The Labute approximate surface area is 121 Å². The van der Waals surface area contributed by atoms with E-state index in [9.17, 15) is 9.59 Å². The van der Waals surface area contributed by atoms with Crippen LogP contribution >= 0.6 is 0 Å². The molecule has 7 heteroatoms. The zero-order valence-corrected chi connectivity index (χ0v) is 11.4. The van der Waals surface area contributed by atoms with Crippen LogP contribution in [0.5, 0.6) is 0 Å². The second kappa shape index (κ2) is 5.82. The molecule has 21 heavy (non-hydrogen) atoms. The smallest absolute Gasteiger partial charge is 0.318 e. The van der Waals surface area contributed by atoms with Crippen molar-refractivity contribution in [1.82, 2.24) is 20.4 Å². The molecule has 2 amide bonds. The van der Waals surface area contributed by atoms with E-state index in [0.717, 1.165) is 18.4 Å². The summed E-state index contributed by atoms with van der Waals surface area (Å²) in [7, 11) is 0. The molecule has 1 aliphatic rings. The zero-order valence-electron chi connectivity index (χ0n) is 11.4. The Bertz CT molecular complexity index is 641. The van der Waals surface area contributed by atoms with Gasteiger partial charge in [0.1, 0.15) is 0 Å². The highest BCUT2D eigenvalue weighted by molar-refractivity contribution is 5.74. The number of nitrogens with one attached hydrogen (secondary N) is 2. The van der Waals surface area contributed by atoms with Crippen molar-refractivity contribution in [1.29, 1.82) is 0 Å². The molecule has 2 aromatic rings. The summed E-state index contributed by atoms with van der Waals surface area (Å²) >= 11 is 0. The van der Waals surface area contributed by atoms with Gasteiger partial charge in [0.05, 0.1) is 31.3 Å². The molecule has 0 radical (unpaired) electrons. The number of furan rings is 1. The molecule has 2 heterocycles. The predicted molar refractivity (Wildman–Crippen MR) is 74.4 cm³/mol. The molecule has 1 aliphatic carbocycles. The van der Waals surface area contributed by atoms with Crippen LogP contribution in [0.1, 0.15) is 24.1 Å². The van der Waals surface area contributed by atoms with Crippen molar-refractivity contribution in [3.8, 4) is 0 Å². The molecule has 3 rings (SSSR count). The first-order valence-electron chi connectivity index (χ1n) is 6.82. The molecule has 0 unspecified atom stereocenters. The van der Waals surface area contributed by atoms with Gasteiger partial charge in [0.2, 0.25) is 0 Å². The van der Waals surface area contributed by atoms with Crippen LogP contribution in [0.25, 0.3) is 0 Å². The number of hydrogen-bond donors (Lipinski definition) is 2. The molecule has 0 aromatic carbocycles. The largest absolute Gasteiger partial charge is 0.472 e. The third-order valence-electron chi connectivity index (χ3n) is 3.34. The van der Waals surface area contributed by atoms with Gasteiger partial charge in [0.25, 0.3) is 5.56 Å². The molecule has 7 nitrogen and oxygen atoms in total. The summed E-state index contributed by atoms with van der Waals surface area (Å²) in [5.41, 5.74) is 1.32. The van der Waals surface area contributed by atoms with Crippen molar-refractivity contribution in [3.63, 3.8) is 0 Å². The molecule has 2 aromatic heterocycles. The Morgan fingerprint density at radius 1 is 1.43 bits per heavy atom. The number of urea groups is 1. The topological polar surface area (TPSA) is 91.2 Å². The Kier molecular flexibility index (Phi) is 3.72.